The number of nitrogen functional groups attached to an aromatic ring is 1. The lowest BCUT2D eigenvalue weighted by Gasteiger charge is -2.10. The third-order valence-corrected chi connectivity index (χ3v) is 2.58. The van der Waals surface area contributed by atoms with Gasteiger partial charge in [-0.25, -0.2) is 0 Å². The van der Waals surface area contributed by atoms with Gasteiger partial charge in [-0.1, -0.05) is 12.1 Å². The number of amidine groups is 1. The molecule has 0 unspecified atom stereocenters. The fourth-order valence-corrected chi connectivity index (χ4v) is 1.71. The molecule has 0 saturated heterocycles. The van der Waals surface area contributed by atoms with Gasteiger partial charge in [0.05, 0.1) is 5.56 Å². The zero-order valence-electron chi connectivity index (χ0n) is 11.0. The number of nitrogens with one attached hydrogen (secondary N) is 2. The molecule has 0 saturated carbocycles. The molecule has 0 aromatic heterocycles. The molecule has 5 nitrogen and oxygen atoms in total. The Hall–Kier alpha value is -2.82. The van der Waals surface area contributed by atoms with E-state index in [9.17, 15) is 4.79 Å². The van der Waals surface area contributed by atoms with Gasteiger partial charge in [0.1, 0.15) is 17.3 Å². The molecule has 2 aromatic carbocycles. The molecule has 0 bridgehead atoms. The summed E-state index contributed by atoms with van der Waals surface area (Å²) >= 11 is 0. The summed E-state index contributed by atoms with van der Waals surface area (Å²) in [6, 6.07) is 14.0. The Bertz CT molecular complexity index is 636. The van der Waals surface area contributed by atoms with Gasteiger partial charge in [0, 0.05) is 12.6 Å². The van der Waals surface area contributed by atoms with Gasteiger partial charge in [-0.05, 0) is 36.4 Å². The maximum absolute atomic E-state index is 10.9. The fourth-order valence-electron chi connectivity index (χ4n) is 1.71. The first-order valence-electron chi connectivity index (χ1n) is 6.05. The number of anilines is 1. The minimum Gasteiger partial charge on any atom is -0.457 e. The van der Waals surface area contributed by atoms with Crippen LogP contribution in [0.15, 0.2) is 48.5 Å². The lowest BCUT2D eigenvalue weighted by molar-refractivity contribution is -0.114. The number of nitrogens with two attached hydrogens (primary N) is 1. The lowest BCUT2D eigenvalue weighted by Crippen LogP contribution is -2.12. The quantitative estimate of drug-likeness (QED) is 0.589. The second kappa shape index (κ2) is 5.88. The number of hydrogen-bond acceptors (Lipinski definition) is 3. The molecular weight excluding hydrogens is 254 g/mol. The van der Waals surface area contributed by atoms with Crippen LogP contribution < -0.4 is 15.8 Å². The van der Waals surface area contributed by atoms with Crippen molar-refractivity contribution in [3.63, 3.8) is 0 Å². The first-order chi connectivity index (χ1) is 9.56. The largest absolute Gasteiger partial charge is 0.457 e. The van der Waals surface area contributed by atoms with E-state index >= 15 is 0 Å². The van der Waals surface area contributed by atoms with Gasteiger partial charge in [-0.3, -0.25) is 10.2 Å². The summed E-state index contributed by atoms with van der Waals surface area (Å²) in [6.07, 6.45) is 0. The average Bonchev–Trinajstić information content (AvgIpc) is 2.41. The SMILES string of the molecule is CC(=O)Nc1ccc(Oc2ccccc2C(=N)N)cc1. The van der Waals surface area contributed by atoms with Crippen LogP contribution in [-0.2, 0) is 4.79 Å². The van der Waals surface area contributed by atoms with E-state index in [0.717, 1.165) is 0 Å². The Labute approximate surface area is 116 Å². The van der Waals surface area contributed by atoms with Crippen molar-refractivity contribution < 1.29 is 9.53 Å². The van der Waals surface area contributed by atoms with Crippen molar-refractivity contribution in [2.75, 3.05) is 5.32 Å². The molecule has 2 aromatic rings. The molecule has 1 amide bonds. The first kappa shape index (κ1) is 13.6. The van der Waals surface area contributed by atoms with Crippen LogP contribution in [0.25, 0.3) is 0 Å². The normalized spacial score (nSPS) is 9.85. The summed E-state index contributed by atoms with van der Waals surface area (Å²) in [4.78, 5) is 10.9. The molecular formula is C15H15N3O2. The van der Waals surface area contributed by atoms with Crippen LogP contribution in [0.2, 0.25) is 0 Å². The Balaban J connectivity index is 2.18. The van der Waals surface area contributed by atoms with E-state index in [0.29, 0.717) is 22.7 Å². The Kier molecular flexibility index (Phi) is 4.00. The fraction of sp³-hybridized carbons (Fsp3) is 0.0667. The van der Waals surface area contributed by atoms with Gasteiger partial charge in [0.25, 0.3) is 0 Å². The van der Waals surface area contributed by atoms with Crippen LogP contribution in [0.3, 0.4) is 0 Å². The van der Waals surface area contributed by atoms with Crippen molar-refractivity contribution in [2.45, 2.75) is 6.92 Å². The number of rotatable bonds is 4. The Morgan fingerprint density at radius 2 is 1.80 bits per heavy atom. The predicted octanol–water partition coefficient (Wildman–Crippen LogP) is 2.72. The number of para-hydroxylation sites is 1. The van der Waals surface area contributed by atoms with Crippen molar-refractivity contribution in [3.8, 4) is 11.5 Å². The van der Waals surface area contributed by atoms with E-state index in [-0.39, 0.29) is 11.7 Å². The van der Waals surface area contributed by atoms with Gasteiger partial charge in [0.2, 0.25) is 5.91 Å². The monoisotopic (exact) mass is 269 g/mol. The molecule has 0 fully saturated rings. The van der Waals surface area contributed by atoms with E-state index in [1.54, 1.807) is 42.5 Å². The smallest absolute Gasteiger partial charge is 0.221 e. The molecule has 0 heterocycles. The molecule has 0 aliphatic carbocycles. The molecule has 0 spiro atoms. The molecule has 0 atom stereocenters. The summed E-state index contributed by atoms with van der Waals surface area (Å²) in [5.41, 5.74) is 6.74. The van der Waals surface area contributed by atoms with Crippen molar-refractivity contribution >= 4 is 17.4 Å². The van der Waals surface area contributed by atoms with Crippen LogP contribution in [0.4, 0.5) is 5.69 Å². The van der Waals surface area contributed by atoms with E-state index in [1.165, 1.54) is 6.92 Å². The molecule has 4 N–H and O–H groups in total. The number of carbonyl (C=O) groups excluding carboxylic acids is 1. The average molecular weight is 269 g/mol. The second-order valence-corrected chi connectivity index (χ2v) is 4.22. The zero-order chi connectivity index (χ0) is 14.5. The summed E-state index contributed by atoms with van der Waals surface area (Å²) in [5.74, 6) is 0.955. The molecule has 102 valence electrons. The van der Waals surface area contributed by atoms with Crippen LogP contribution in [0.5, 0.6) is 11.5 Å². The van der Waals surface area contributed by atoms with E-state index < -0.39 is 0 Å². The van der Waals surface area contributed by atoms with Crippen molar-refractivity contribution in [1.29, 1.82) is 5.41 Å². The maximum atomic E-state index is 10.9. The Morgan fingerprint density at radius 3 is 2.40 bits per heavy atom. The van der Waals surface area contributed by atoms with Crippen LogP contribution in [0, 0.1) is 5.41 Å². The molecule has 2 rings (SSSR count). The number of benzene rings is 2. The molecule has 0 aliphatic rings. The third-order valence-electron chi connectivity index (χ3n) is 2.58. The highest BCUT2D eigenvalue weighted by molar-refractivity contribution is 5.97. The zero-order valence-corrected chi connectivity index (χ0v) is 11.0. The van der Waals surface area contributed by atoms with Crippen molar-refractivity contribution in [2.24, 2.45) is 5.73 Å². The van der Waals surface area contributed by atoms with Gasteiger partial charge >= 0.3 is 0 Å². The van der Waals surface area contributed by atoms with Crippen molar-refractivity contribution in [1.82, 2.24) is 0 Å². The number of ether oxygens (including phenoxy) is 1. The maximum Gasteiger partial charge on any atom is 0.221 e. The molecule has 0 radical (unpaired) electrons. The molecule has 0 aliphatic heterocycles. The Morgan fingerprint density at radius 1 is 1.15 bits per heavy atom. The van der Waals surface area contributed by atoms with Crippen molar-refractivity contribution in [3.05, 3.63) is 54.1 Å². The number of carbonyl (C=O) groups is 1. The first-order valence-corrected chi connectivity index (χ1v) is 6.05. The third kappa shape index (κ3) is 3.35. The molecule has 20 heavy (non-hydrogen) atoms. The van der Waals surface area contributed by atoms with Gasteiger partial charge < -0.3 is 15.8 Å². The summed E-state index contributed by atoms with van der Waals surface area (Å²) < 4.78 is 5.70. The highest BCUT2D eigenvalue weighted by atomic mass is 16.5. The van der Waals surface area contributed by atoms with Gasteiger partial charge in [-0.2, -0.15) is 0 Å². The predicted molar refractivity (Wildman–Crippen MR) is 78.3 cm³/mol. The number of hydrogen-bond donors (Lipinski definition) is 3. The van der Waals surface area contributed by atoms with E-state index in [4.69, 9.17) is 15.9 Å². The highest BCUT2D eigenvalue weighted by Gasteiger charge is 2.06. The highest BCUT2D eigenvalue weighted by Crippen LogP contribution is 2.26. The minimum atomic E-state index is -0.124. The van der Waals surface area contributed by atoms with Gasteiger partial charge in [0.15, 0.2) is 0 Å². The summed E-state index contributed by atoms with van der Waals surface area (Å²) in [6.45, 7) is 1.45. The van der Waals surface area contributed by atoms with E-state index in [1.807, 2.05) is 6.07 Å². The standard InChI is InChI=1S/C15H15N3O2/c1-10(19)18-11-6-8-12(9-7-11)20-14-5-3-2-4-13(14)15(16)17/h2-9H,1H3,(H3,16,17)(H,18,19). The van der Waals surface area contributed by atoms with Crippen LogP contribution >= 0.6 is 0 Å². The summed E-state index contributed by atoms with van der Waals surface area (Å²) in [5, 5.41) is 10.2. The molecule has 5 heteroatoms. The van der Waals surface area contributed by atoms with E-state index in [2.05, 4.69) is 5.32 Å². The lowest BCUT2D eigenvalue weighted by atomic mass is 10.2. The van der Waals surface area contributed by atoms with Gasteiger partial charge in [-0.15, -0.1) is 0 Å². The van der Waals surface area contributed by atoms with Crippen LogP contribution in [-0.4, -0.2) is 11.7 Å². The summed E-state index contributed by atoms with van der Waals surface area (Å²) in [7, 11) is 0. The second-order valence-electron chi connectivity index (χ2n) is 4.22. The van der Waals surface area contributed by atoms with Crippen LogP contribution in [0.1, 0.15) is 12.5 Å². The topological polar surface area (TPSA) is 88.2 Å². The number of amides is 1. The minimum absolute atomic E-state index is 0.0459.